The second-order valence-corrected chi connectivity index (χ2v) is 3.64. The van der Waals surface area contributed by atoms with E-state index < -0.39 is 12.1 Å². The van der Waals surface area contributed by atoms with Gasteiger partial charge in [0.2, 0.25) is 6.10 Å². The smallest absolute Gasteiger partial charge is 0.347 e. The molecule has 7 nitrogen and oxygen atoms in total. The van der Waals surface area contributed by atoms with Crippen LogP contribution in [0.2, 0.25) is 0 Å². The Morgan fingerprint density at radius 1 is 1.81 bits per heavy atom. The fraction of sp³-hybridized carbons (Fsp3) is 0.250. The maximum absolute atomic E-state index is 10.7. The Balaban J connectivity index is 2.79. The minimum atomic E-state index is -1.17. The van der Waals surface area contributed by atoms with Crippen LogP contribution in [0, 0.1) is 0 Å². The first-order valence-corrected chi connectivity index (χ1v) is 5.05. The Kier molecular flexibility index (Phi) is 3.95. The number of aliphatic carboxylic acids is 1. The summed E-state index contributed by atoms with van der Waals surface area (Å²) in [7, 11) is 0. The predicted molar refractivity (Wildman–Crippen MR) is 57.3 cm³/mol. The number of aromatic nitrogens is 1. The van der Waals surface area contributed by atoms with Crippen LogP contribution in [0.5, 0.6) is 0 Å². The topological polar surface area (TPSA) is 115 Å². The number of hydrogen-bond donors (Lipinski definition) is 2. The number of carboxylic acids is 1. The molecule has 16 heavy (non-hydrogen) atoms. The van der Waals surface area contributed by atoms with E-state index in [-0.39, 0.29) is 16.5 Å². The maximum Gasteiger partial charge on any atom is 0.347 e. The first kappa shape index (κ1) is 12.1. The number of anilines is 1. The van der Waals surface area contributed by atoms with Gasteiger partial charge in [0.05, 0.1) is 0 Å². The summed E-state index contributed by atoms with van der Waals surface area (Å²) < 4.78 is 0. The summed E-state index contributed by atoms with van der Waals surface area (Å²) in [6, 6.07) is 0. The van der Waals surface area contributed by atoms with E-state index in [1.54, 1.807) is 0 Å². The monoisotopic (exact) mass is 243 g/mol. The fourth-order valence-electron chi connectivity index (χ4n) is 0.715. The Morgan fingerprint density at radius 2 is 2.50 bits per heavy atom. The van der Waals surface area contributed by atoms with Crippen LogP contribution in [0.25, 0.3) is 0 Å². The lowest BCUT2D eigenvalue weighted by Crippen LogP contribution is -2.18. The molecule has 0 bridgehead atoms. The lowest BCUT2D eigenvalue weighted by atomic mass is 10.3. The summed E-state index contributed by atoms with van der Waals surface area (Å²) in [5.74, 6) is -1.17. The second-order valence-electron chi connectivity index (χ2n) is 2.75. The molecule has 86 valence electrons. The van der Waals surface area contributed by atoms with Gasteiger partial charge in [-0.25, -0.2) is 9.78 Å². The average Bonchev–Trinajstić information content (AvgIpc) is 2.65. The minimum Gasteiger partial charge on any atom is -0.478 e. The summed E-state index contributed by atoms with van der Waals surface area (Å²) in [6.07, 6.45) is -0.714. The molecule has 1 unspecified atom stereocenters. The molecule has 1 atom stereocenters. The van der Waals surface area contributed by atoms with Crippen molar-refractivity contribution in [3.05, 3.63) is 11.1 Å². The van der Waals surface area contributed by atoms with E-state index in [2.05, 4.69) is 15.0 Å². The zero-order valence-corrected chi connectivity index (χ0v) is 9.10. The van der Waals surface area contributed by atoms with E-state index in [1.165, 1.54) is 12.3 Å². The van der Waals surface area contributed by atoms with Gasteiger partial charge in [-0.05, 0) is 6.92 Å². The molecule has 0 saturated heterocycles. The van der Waals surface area contributed by atoms with Crippen LogP contribution in [-0.2, 0) is 14.4 Å². The summed E-state index contributed by atoms with van der Waals surface area (Å²) in [5.41, 5.74) is 5.54. The molecular weight excluding hydrogens is 234 g/mol. The van der Waals surface area contributed by atoms with Crippen molar-refractivity contribution in [2.75, 3.05) is 5.73 Å². The van der Waals surface area contributed by atoms with Crippen LogP contribution in [-0.4, -0.2) is 34.2 Å². The molecule has 1 rings (SSSR count). The van der Waals surface area contributed by atoms with Gasteiger partial charge in [0.15, 0.2) is 17.1 Å². The standard InChI is InChI=1S/C8H9N3O4S/c1-4(7(13)14)15-11-5(2-12)6-3-16-8(9)10-6/h2-4H,1H3,(H2,9,10)(H,13,14). The molecule has 1 aromatic rings. The number of carbonyl (C=O) groups excluding carboxylic acids is 1. The Labute approximate surface area is 94.5 Å². The molecule has 3 N–H and O–H groups in total. The first-order chi connectivity index (χ1) is 7.54. The van der Waals surface area contributed by atoms with Gasteiger partial charge in [0.25, 0.3) is 0 Å². The van der Waals surface area contributed by atoms with E-state index in [0.717, 1.165) is 11.3 Å². The number of nitrogen functional groups attached to an aromatic ring is 1. The average molecular weight is 243 g/mol. The zero-order chi connectivity index (χ0) is 12.1. The quantitative estimate of drug-likeness (QED) is 0.431. The van der Waals surface area contributed by atoms with Crippen LogP contribution in [0.1, 0.15) is 12.6 Å². The van der Waals surface area contributed by atoms with Crippen molar-refractivity contribution in [3.8, 4) is 0 Å². The molecule has 0 radical (unpaired) electrons. The highest BCUT2D eigenvalue weighted by atomic mass is 32.1. The number of carbonyl (C=O) groups is 2. The molecule has 0 aliphatic heterocycles. The van der Waals surface area contributed by atoms with Crippen LogP contribution in [0.15, 0.2) is 10.5 Å². The van der Waals surface area contributed by atoms with Crippen molar-refractivity contribution in [1.29, 1.82) is 0 Å². The highest BCUT2D eigenvalue weighted by Crippen LogP contribution is 2.11. The van der Waals surface area contributed by atoms with Crippen molar-refractivity contribution >= 4 is 34.4 Å². The number of oxime groups is 1. The van der Waals surface area contributed by atoms with Crippen molar-refractivity contribution in [3.63, 3.8) is 0 Å². The molecule has 1 heterocycles. The number of thiazole rings is 1. The molecule has 0 spiro atoms. The SMILES string of the molecule is CC(ON=C(C=O)c1csc(N)n1)C(=O)O. The highest BCUT2D eigenvalue weighted by molar-refractivity contribution is 7.13. The van der Waals surface area contributed by atoms with Crippen molar-refractivity contribution in [1.82, 2.24) is 4.98 Å². The molecule has 0 fully saturated rings. The molecule has 0 aliphatic carbocycles. The lowest BCUT2D eigenvalue weighted by Gasteiger charge is -2.03. The third-order valence-corrected chi connectivity index (χ3v) is 2.23. The molecular formula is C8H9N3O4S. The van der Waals surface area contributed by atoms with Gasteiger partial charge in [-0.1, -0.05) is 5.16 Å². The van der Waals surface area contributed by atoms with Crippen molar-refractivity contribution < 1.29 is 19.5 Å². The van der Waals surface area contributed by atoms with E-state index in [0.29, 0.717) is 6.29 Å². The number of nitrogens with two attached hydrogens (primary N) is 1. The number of hydrogen-bond acceptors (Lipinski definition) is 7. The number of aldehydes is 1. The summed E-state index contributed by atoms with van der Waals surface area (Å²) in [5, 5.41) is 13.7. The Morgan fingerprint density at radius 3 is 2.94 bits per heavy atom. The second kappa shape index (κ2) is 5.21. The van der Waals surface area contributed by atoms with Gasteiger partial charge >= 0.3 is 5.97 Å². The molecule has 8 heteroatoms. The van der Waals surface area contributed by atoms with E-state index in [4.69, 9.17) is 10.8 Å². The number of carboxylic acid groups (broad SMARTS) is 1. The van der Waals surface area contributed by atoms with Gasteiger partial charge < -0.3 is 15.7 Å². The number of nitrogens with zero attached hydrogens (tertiary/aromatic N) is 2. The molecule has 0 aliphatic rings. The van der Waals surface area contributed by atoms with Crippen molar-refractivity contribution in [2.24, 2.45) is 5.16 Å². The first-order valence-electron chi connectivity index (χ1n) is 4.17. The Hall–Kier alpha value is -1.96. The minimum absolute atomic E-state index is 0.0962. The summed E-state index contributed by atoms with van der Waals surface area (Å²) in [6.45, 7) is 1.30. The molecule has 0 aromatic carbocycles. The van der Waals surface area contributed by atoms with Crippen LogP contribution >= 0.6 is 11.3 Å². The molecule has 1 aromatic heterocycles. The van der Waals surface area contributed by atoms with E-state index in [9.17, 15) is 9.59 Å². The van der Waals surface area contributed by atoms with Gasteiger partial charge in [-0.2, -0.15) is 0 Å². The van der Waals surface area contributed by atoms with E-state index >= 15 is 0 Å². The van der Waals surface area contributed by atoms with Crippen LogP contribution < -0.4 is 5.73 Å². The normalized spacial score (nSPS) is 13.2. The third kappa shape index (κ3) is 3.02. The fourth-order valence-corrected chi connectivity index (χ4v) is 1.27. The van der Waals surface area contributed by atoms with Crippen LogP contribution in [0.4, 0.5) is 5.13 Å². The molecule has 0 saturated carbocycles. The number of rotatable bonds is 5. The molecule has 0 amide bonds. The van der Waals surface area contributed by atoms with E-state index in [1.807, 2.05) is 0 Å². The summed E-state index contributed by atoms with van der Waals surface area (Å²) in [4.78, 5) is 29.5. The van der Waals surface area contributed by atoms with Gasteiger partial charge in [0, 0.05) is 5.38 Å². The largest absolute Gasteiger partial charge is 0.478 e. The van der Waals surface area contributed by atoms with Gasteiger partial charge in [-0.3, -0.25) is 4.79 Å². The predicted octanol–water partition coefficient (Wildman–Crippen LogP) is 0.118. The highest BCUT2D eigenvalue weighted by Gasteiger charge is 2.13. The summed E-state index contributed by atoms with van der Waals surface area (Å²) >= 11 is 1.14. The van der Waals surface area contributed by atoms with Crippen LogP contribution in [0.3, 0.4) is 0 Å². The van der Waals surface area contributed by atoms with Gasteiger partial charge in [0.1, 0.15) is 5.69 Å². The maximum atomic E-state index is 10.7. The lowest BCUT2D eigenvalue weighted by molar-refractivity contribution is -0.149. The third-order valence-electron chi connectivity index (χ3n) is 1.55. The zero-order valence-electron chi connectivity index (χ0n) is 8.28. The van der Waals surface area contributed by atoms with Crippen molar-refractivity contribution in [2.45, 2.75) is 13.0 Å². The Bertz CT molecular complexity index is 429. The van der Waals surface area contributed by atoms with Gasteiger partial charge in [-0.15, -0.1) is 11.3 Å².